The molecule has 3 heteroatoms. The number of ether oxygens (including phenoxy) is 1. The van der Waals surface area contributed by atoms with Crippen LogP contribution in [0.3, 0.4) is 0 Å². The van der Waals surface area contributed by atoms with E-state index in [1.807, 2.05) is 54.6 Å². The molecule has 0 spiro atoms. The van der Waals surface area contributed by atoms with Crippen molar-refractivity contribution in [1.82, 2.24) is 0 Å². The number of ketones is 1. The minimum absolute atomic E-state index is 0.0436. The number of benzene rings is 2. The van der Waals surface area contributed by atoms with Gasteiger partial charge in [-0.25, -0.2) is 0 Å². The number of hydrogen-bond donors (Lipinski definition) is 0. The van der Waals surface area contributed by atoms with Gasteiger partial charge in [-0.15, -0.1) is 0 Å². The van der Waals surface area contributed by atoms with Gasteiger partial charge in [0.15, 0.2) is 5.78 Å². The van der Waals surface area contributed by atoms with Gasteiger partial charge in [-0.1, -0.05) is 48.9 Å². The molecule has 0 fully saturated rings. The first-order valence-corrected chi connectivity index (χ1v) is 8.77. The van der Waals surface area contributed by atoms with Gasteiger partial charge >= 0.3 is 0 Å². The maximum Gasteiger partial charge on any atom is 0.152 e. The molecule has 0 heterocycles. The second-order valence-electron chi connectivity index (χ2n) is 6.04. The zero-order valence-corrected chi connectivity index (χ0v) is 14.7. The summed E-state index contributed by atoms with van der Waals surface area (Å²) in [5.74, 6) is 0.900. The molecule has 0 atom stereocenters. The van der Waals surface area contributed by atoms with Gasteiger partial charge in [-0.05, 0) is 61.1 Å². The number of alkyl halides is 1. The average molecular weight is 340 g/mol. The van der Waals surface area contributed by atoms with Gasteiger partial charge < -0.3 is 4.74 Å². The molecule has 0 aliphatic rings. The molecule has 2 nitrogen and oxygen atoms in total. The Labute approximate surface area is 149 Å². The zero-order chi connectivity index (χ0) is 17.9. The van der Waals surface area contributed by atoms with Crippen LogP contribution in [-0.4, -0.2) is 19.1 Å². The van der Waals surface area contributed by atoms with E-state index in [1.54, 1.807) is 13.0 Å². The molecule has 0 unspecified atom stereocenters. The van der Waals surface area contributed by atoms with Crippen LogP contribution in [0.4, 0.5) is 4.39 Å². The summed E-state index contributed by atoms with van der Waals surface area (Å²) in [5, 5.41) is 0. The predicted octanol–water partition coefficient (Wildman–Crippen LogP) is 5.86. The summed E-state index contributed by atoms with van der Waals surface area (Å²) in [6.07, 6.45) is 6.92. The monoisotopic (exact) mass is 340 g/mol. The first kappa shape index (κ1) is 18.9. The topological polar surface area (TPSA) is 26.3 Å². The standard InChI is InChI=1S/C22H25FO2/c1-18(24)6-7-19-8-10-20(11-9-19)21-12-14-22(15-13-21)25-17-5-3-2-4-16-23/h6-15H,2-5,16-17H2,1H3/b7-6+. The SMILES string of the molecule is CC(=O)/C=C/c1ccc(-c2ccc(OCCCCCCF)cc2)cc1. The van der Waals surface area contributed by atoms with E-state index in [4.69, 9.17) is 4.74 Å². The van der Waals surface area contributed by atoms with Gasteiger partial charge in [-0.2, -0.15) is 0 Å². The Kier molecular flexibility index (Phi) is 7.90. The lowest BCUT2D eigenvalue weighted by Gasteiger charge is -2.07. The number of carbonyl (C=O) groups excluding carboxylic acids is 1. The van der Waals surface area contributed by atoms with Crippen molar-refractivity contribution in [2.75, 3.05) is 13.3 Å². The van der Waals surface area contributed by atoms with E-state index in [9.17, 15) is 9.18 Å². The largest absolute Gasteiger partial charge is 0.494 e. The number of halogens is 1. The average Bonchev–Trinajstić information content (AvgIpc) is 2.64. The molecule has 0 saturated heterocycles. The molecular weight excluding hydrogens is 315 g/mol. The summed E-state index contributed by atoms with van der Waals surface area (Å²) in [6, 6.07) is 16.1. The molecule has 2 rings (SSSR count). The van der Waals surface area contributed by atoms with E-state index < -0.39 is 0 Å². The fourth-order valence-electron chi connectivity index (χ4n) is 2.48. The molecule has 0 aromatic heterocycles. The third-order valence-electron chi connectivity index (χ3n) is 3.91. The highest BCUT2D eigenvalue weighted by Crippen LogP contribution is 2.23. The van der Waals surface area contributed by atoms with Crippen molar-refractivity contribution in [3.8, 4) is 16.9 Å². The van der Waals surface area contributed by atoms with Crippen LogP contribution in [0.2, 0.25) is 0 Å². The molecular formula is C22H25FO2. The molecule has 2 aromatic carbocycles. The molecule has 0 N–H and O–H groups in total. The zero-order valence-electron chi connectivity index (χ0n) is 14.7. The lowest BCUT2D eigenvalue weighted by Crippen LogP contribution is -1.97. The first-order valence-electron chi connectivity index (χ1n) is 8.77. The molecule has 0 aliphatic carbocycles. The predicted molar refractivity (Wildman–Crippen MR) is 102 cm³/mol. The van der Waals surface area contributed by atoms with Gasteiger partial charge in [-0.3, -0.25) is 9.18 Å². The number of hydrogen-bond acceptors (Lipinski definition) is 2. The van der Waals surface area contributed by atoms with Crippen LogP contribution in [0, 0.1) is 0 Å². The van der Waals surface area contributed by atoms with E-state index in [0.717, 1.165) is 41.7 Å². The molecule has 0 bridgehead atoms. The normalized spacial score (nSPS) is 11.0. The summed E-state index contributed by atoms with van der Waals surface area (Å²) in [5.41, 5.74) is 3.25. The van der Waals surface area contributed by atoms with Crippen LogP contribution in [0.5, 0.6) is 5.75 Å². The highest BCUT2D eigenvalue weighted by Gasteiger charge is 1.99. The molecule has 25 heavy (non-hydrogen) atoms. The van der Waals surface area contributed by atoms with Crippen molar-refractivity contribution in [3.63, 3.8) is 0 Å². The highest BCUT2D eigenvalue weighted by molar-refractivity contribution is 5.91. The second-order valence-corrected chi connectivity index (χ2v) is 6.04. The molecule has 0 radical (unpaired) electrons. The molecule has 0 aliphatic heterocycles. The van der Waals surface area contributed by atoms with Crippen LogP contribution in [-0.2, 0) is 4.79 Å². The van der Waals surface area contributed by atoms with Crippen molar-refractivity contribution in [2.24, 2.45) is 0 Å². The maximum atomic E-state index is 12.0. The summed E-state index contributed by atoms with van der Waals surface area (Å²) in [7, 11) is 0. The third-order valence-corrected chi connectivity index (χ3v) is 3.91. The molecule has 132 valence electrons. The number of carbonyl (C=O) groups is 1. The molecule has 0 amide bonds. The highest BCUT2D eigenvalue weighted by atomic mass is 19.1. The van der Waals surface area contributed by atoms with Crippen molar-refractivity contribution in [3.05, 3.63) is 60.2 Å². The smallest absolute Gasteiger partial charge is 0.152 e. The van der Waals surface area contributed by atoms with E-state index >= 15 is 0 Å². The Bertz CT molecular complexity index is 672. The van der Waals surface area contributed by atoms with Crippen LogP contribution >= 0.6 is 0 Å². The fraction of sp³-hybridized carbons (Fsp3) is 0.318. The fourth-order valence-corrected chi connectivity index (χ4v) is 2.48. The summed E-state index contributed by atoms with van der Waals surface area (Å²) in [4.78, 5) is 11.0. The summed E-state index contributed by atoms with van der Waals surface area (Å²) < 4.78 is 17.7. The van der Waals surface area contributed by atoms with Gasteiger partial charge in [0.25, 0.3) is 0 Å². The van der Waals surface area contributed by atoms with Crippen molar-refractivity contribution >= 4 is 11.9 Å². The van der Waals surface area contributed by atoms with E-state index in [1.165, 1.54) is 0 Å². The van der Waals surface area contributed by atoms with Gasteiger partial charge in [0, 0.05) is 0 Å². The van der Waals surface area contributed by atoms with Crippen LogP contribution in [0.1, 0.15) is 38.2 Å². The lowest BCUT2D eigenvalue weighted by atomic mass is 10.0. The minimum Gasteiger partial charge on any atom is -0.494 e. The van der Waals surface area contributed by atoms with Gasteiger partial charge in [0.2, 0.25) is 0 Å². The Balaban J connectivity index is 1.86. The Morgan fingerprint density at radius 1 is 0.920 bits per heavy atom. The maximum absolute atomic E-state index is 12.0. The molecule has 0 saturated carbocycles. The van der Waals surface area contributed by atoms with E-state index in [2.05, 4.69) is 0 Å². The van der Waals surface area contributed by atoms with Crippen LogP contribution in [0.25, 0.3) is 17.2 Å². The number of unbranched alkanes of at least 4 members (excludes halogenated alkanes) is 3. The second kappa shape index (κ2) is 10.4. The summed E-state index contributed by atoms with van der Waals surface area (Å²) in [6.45, 7) is 1.98. The van der Waals surface area contributed by atoms with Crippen molar-refractivity contribution in [2.45, 2.75) is 32.6 Å². The Hall–Kier alpha value is -2.42. The van der Waals surface area contributed by atoms with Crippen molar-refractivity contribution < 1.29 is 13.9 Å². The summed E-state index contributed by atoms with van der Waals surface area (Å²) >= 11 is 0. The molecule has 2 aromatic rings. The lowest BCUT2D eigenvalue weighted by molar-refractivity contribution is -0.112. The van der Waals surface area contributed by atoms with Crippen LogP contribution < -0.4 is 4.74 Å². The van der Waals surface area contributed by atoms with Crippen molar-refractivity contribution in [1.29, 1.82) is 0 Å². The third kappa shape index (κ3) is 6.92. The van der Waals surface area contributed by atoms with Gasteiger partial charge in [0.1, 0.15) is 5.75 Å². The Morgan fingerprint density at radius 3 is 2.12 bits per heavy atom. The quantitative estimate of drug-likeness (QED) is 0.400. The van der Waals surface area contributed by atoms with E-state index in [-0.39, 0.29) is 12.5 Å². The minimum atomic E-state index is -0.226. The van der Waals surface area contributed by atoms with Gasteiger partial charge in [0.05, 0.1) is 13.3 Å². The Morgan fingerprint density at radius 2 is 1.52 bits per heavy atom. The number of allylic oxidation sites excluding steroid dienone is 1. The van der Waals surface area contributed by atoms with Crippen LogP contribution in [0.15, 0.2) is 54.6 Å². The number of rotatable bonds is 10. The first-order chi connectivity index (χ1) is 12.2. The van der Waals surface area contributed by atoms with E-state index in [0.29, 0.717) is 13.0 Å².